The monoisotopic (exact) mass is 503 g/mol. The lowest BCUT2D eigenvalue weighted by atomic mass is 10.1. The molecule has 0 aliphatic heterocycles. The van der Waals surface area contributed by atoms with Crippen molar-refractivity contribution in [1.29, 1.82) is 0 Å². The van der Waals surface area contributed by atoms with Gasteiger partial charge in [0, 0.05) is 13.2 Å². The van der Waals surface area contributed by atoms with Crippen molar-refractivity contribution in [3.05, 3.63) is 95.6 Å². The molecule has 0 atom stereocenters. The van der Waals surface area contributed by atoms with Crippen LogP contribution in [0.5, 0.6) is 11.5 Å². The summed E-state index contributed by atoms with van der Waals surface area (Å²) < 4.78 is 12.3. The summed E-state index contributed by atoms with van der Waals surface area (Å²) >= 11 is 0. The molecule has 2 N–H and O–H groups in total. The molecule has 3 aromatic carbocycles. The van der Waals surface area contributed by atoms with Crippen molar-refractivity contribution < 1.29 is 14.6 Å². The Labute approximate surface area is 224 Å². The fourth-order valence-corrected chi connectivity index (χ4v) is 4.37. The molecule has 37 heavy (non-hydrogen) atoms. The van der Waals surface area contributed by atoms with E-state index in [4.69, 9.17) is 14.6 Å². The maximum absolute atomic E-state index is 8.82. The van der Waals surface area contributed by atoms with Crippen molar-refractivity contribution in [3.63, 3.8) is 0 Å². The molecular formula is C33H45NO3. The molecule has 0 amide bonds. The lowest BCUT2D eigenvalue weighted by Crippen LogP contribution is -2.14. The molecule has 0 fully saturated rings. The number of unbranched alkanes of at least 4 members (excludes halogenated alkanes) is 9. The van der Waals surface area contributed by atoms with Gasteiger partial charge in [-0.25, -0.2) is 0 Å². The summed E-state index contributed by atoms with van der Waals surface area (Å²) in [6, 6.07) is 26.7. The molecule has 0 heterocycles. The minimum absolute atomic E-state index is 0.339. The average Bonchev–Trinajstić information content (AvgIpc) is 2.95. The number of rotatable bonds is 20. The quantitative estimate of drug-likeness (QED) is 0.154. The second-order valence-electron chi connectivity index (χ2n) is 9.77. The Bertz CT molecular complexity index is 962. The molecule has 0 spiro atoms. The molecule has 0 aliphatic carbocycles. The first-order valence-electron chi connectivity index (χ1n) is 14.1. The molecular weight excluding hydrogens is 458 g/mol. The SMILES string of the molecule is OCCCCCCCCCCCCNCc1ccc(OCc2ccccc2)c(OCc2ccccc2)c1. The van der Waals surface area contributed by atoms with Crippen LogP contribution >= 0.6 is 0 Å². The Hall–Kier alpha value is -2.82. The Kier molecular flexibility index (Phi) is 14.3. The lowest BCUT2D eigenvalue weighted by molar-refractivity contribution is 0.255. The summed E-state index contributed by atoms with van der Waals surface area (Å²) in [4.78, 5) is 0. The fourth-order valence-electron chi connectivity index (χ4n) is 4.37. The minimum Gasteiger partial charge on any atom is -0.485 e. The molecule has 200 valence electrons. The topological polar surface area (TPSA) is 50.7 Å². The van der Waals surface area contributed by atoms with Crippen LogP contribution in [0, 0.1) is 0 Å². The van der Waals surface area contributed by atoms with Crippen molar-refractivity contribution in [2.24, 2.45) is 0 Å². The first-order valence-corrected chi connectivity index (χ1v) is 14.1. The van der Waals surface area contributed by atoms with Gasteiger partial charge < -0.3 is 19.9 Å². The number of hydrogen-bond donors (Lipinski definition) is 2. The maximum Gasteiger partial charge on any atom is 0.162 e. The number of nitrogens with one attached hydrogen (secondary N) is 1. The van der Waals surface area contributed by atoms with Gasteiger partial charge in [-0.05, 0) is 48.2 Å². The molecule has 0 saturated heterocycles. The van der Waals surface area contributed by atoms with Crippen molar-refractivity contribution in [3.8, 4) is 11.5 Å². The summed E-state index contributed by atoms with van der Waals surface area (Å²) in [6.45, 7) is 3.24. The summed E-state index contributed by atoms with van der Waals surface area (Å²) in [5.41, 5.74) is 3.48. The summed E-state index contributed by atoms with van der Waals surface area (Å²) in [7, 11) is 0. The van der Waals surface area contributed by atoms with Crippen LogP contribution in [0.4, 0.5) is 0 Å². The van der Waals surface area contributed by atoms with Gasteiger partial charge >= 0.3 is 0 Å². The molecule has 0 saturated carbocycles. The Morgan fingerprint density at radius 1 is 0.514 bits per heavy atom. The van der Waals surface area contributed by atoms with E-state index in [-0.39, 0.29) is 0 Å². The maximum atomic E-state index is 8.82. The molecule has 0 aromatic heterocycles. The van der Waals surface area contributed by atoms with Gasteiger partial charge in [-0.1, -0.05) is 118 Å². The third kappa shape index (κ3) is 12.3. The third-order valence-electron chi connectivity index (χ3n) is 6.57. The van der Waals surface area contributed by atoms with Gasteiger partial charge in [0.1, 0.15) is 13.2 Å². The normalized spacial score (nSPS) is 10.9. The molecule has 0 bridgehead atoms. The van der Waals surface area contributed by atoms with Crippen LogP contribution in [0.2, 0.25) is 0 Å². The van der Waals surface area contributed by atoms with E-state index in [1.807, 2.05) is 42.5 Å². The standard InChI is InChI=1S/C33H45NO3/c35-24-16-8-6-4-2-1-3-5-7-15-23-34-26-31-21-22-32(36-27-29-17-11-9-12-18-29)33(25-31)37-28-30-19-13-10-14-20-30/h9-14,17-22,25,34-35H,1-8,15-16,23-24,26-28H2. The molecule has 3 rings (SSSR count). The molecule has 0 unspecified atom stereocenters. The van der Waals surface area contributed by atoms with Crippen LogP contribution < -0.4 is 14.8 Å². The van der Waals surface area contributed by atoms with Crippen molar-refractivity contribution in [2.75, 3.05) is 13.2 Å². The highest BCUT2D eigenvalue weighted by molar-refractivity contribution is 5.43. The number of aliphatic hydroxyl groups is 1. The van der Waals surface area contributed by atoms with E-state index < -0.39 is 0 Å². The zero-order valence-corrected chi connectivity index (χ0v) is 22.4. The number of benzene rings is 3. The Morgan fingerprint density at radius 3 is 1.59 bits per heavy atom. The van der Waals surface area contributed by atoms with Crippen LogP contribution in [0.25, 0.3) is 0 Å². The molecule has 0 aliphatic rings. The van der Waals surface area contributed by atoms with Gasteiger partial charge in [0.2, 0.25) is 0 Å². The Balaban J connectivity index is 1.38. The number of hydrogen-bond acceptors (Lipinski definition) is 4. The number of aliphatic hydroxyl groups excluding tert-OH is 1. The predicted molar refractivity (Wildman–Crippen MR) is 153 cm³/mol. The second-order valence-corrected chi connectivity index (χ2v) is 9.77. The van der Waals surface area contributed by atoms with Crippen LogP contribution in [-0.4, -0.2) is 18.3 Å². The molecule has 0 radical (unpaired) electrons. The highest BCUT2D eigenvalue weighted by Crippen LogP contribution is 2.30. The van der Waals surface area contributed by atoms with E-state index in [2.05, 4.69) is 41.7 Å². The highest BCUT2D eigenvalue weighted by Gasteiger charge is 2.08. The van der Waals surface area contributed by atoms with Gasteiger partial charge in [0.25, 0.3) is 0 Å². The third-order valence-corrected chi connectivity index (χ3v) is 6.57. The minimum atomic E-state index is 0.339. The van der Waals surface area contributed by atoms with E-state index >= 15 is 0 Å². The number of ether oxygens (including phenoxy) is 2. The van der Waals surface area contributed by atoms with Crippen molar-refractivity contribution in [1.82, 2.24) is 5.32 Å². The van der Waals surface area contributed by atoms with Gasteiger partial charge in [0.15, 0.2) is 11.5 Å². The molecule has 3 aromatic rings. The van der Waals surface area contributed by atoms with Crippen molar-refractivity contribution in [2.45, 2.75) is 84.0 Å². The van der Waals surface area contributed by atoms with Gasteiger partial charge in [-0.2, -0.15) is 0 Å². The zero-order chi connectivity index (χ0) is 25.8. The zero-order valence-electron chi connectivity index (χ0n) is 22.4. The van der Waals surface area contributed by atoms with Gasteiger partial charge in [-0.3, -0.25) is 0 Å². The fraction of sp³-hybridized carbons (Fsp3) is 0.455. The van der Waals surface area contributed by atoms with Crippen LogP contribution in [0.15, 0.2) is 78.9 Å². The highest BCUT2D eigenvalue weighted by atomic mass is 16.5. The second kappa shape index (κ2) is 18.4. The predicted octanol–water partition coefficient (Wildman–Crippen LogP) is 7.83. The van der Waals surface area contributed by atoms with E-state index in [1.165, 1.54) is 63.4 Å². The van der Waals surface area contributed by atoms with Crippen molar-refractivity contribution >= 4 is 0 Å². The summed E-state index contributed by atoms with van der Waals surface area (Å²) in [5, 5.41) is 12.4. The van der Waals surface area contributed by atoms with Gasteiger partial charge in [-0.15, -0.1) is 0 Å². The van der Waals surface area contributed by atoms with E-state index in [0.29, 0.717) is 19.8 Å². The largest absolute Gasteiger partial charge is 0.485 e. The Morgan fingerprint density at radius 2 is 1.03 bits per heavy atom. The lowest BCUT2D eigenvalue weighted by Gasteiger charge is -2.15. The summed E-state index contributed by atoms with van der Waals surface area (Å²) in [5.74, 6) is 1.56. The first-order chi connectivity index (χ1) is 18.3. The summed E-state index contributed by atoms with van der Waals surface area (Å²) in [6.07, 6.45) is 12.6. The smallest absolute Gasteiger partial charge is 0.162 e. The molecule has 4 nitrogen and oxygen atoms in total. The molecule has 4 heteroatoms. The van der Waals surface area contributed by atoms with E-state index in [0.717, 1.165) is 42.1 Å². The average molecular weight is 504 g/mol. The first kappa shape index (κ1) is 28.7. The van der Waals surface area contributed by atoms with Crippen LogP contribution in [-0.2, 0) is 19.8 Å². The van der Waals surface area contributed by atoms with E-state index in [1.54, 1.807) is 0 Å². The van der Waals surface area contributed by atoms with Crippen LogP contribution in [0.3, 0.4) is 0 Å². The van der Waals surface area contributed by atoms with Crippen LogP contribution in [0.1, 0.15) is 80.9 Å². The van der Waals surface area contributed by atoms with Gasteiger partial charge in [0.05, 0.1) is 0 Å². The van der Waals surface area contributed by atoms with E-state index in [9.17, 15) is 0 Å².